The highest BCUT2D eigenvalue weighted by Crippen LogP contribution is 2.26. The molecule has 0 heterocycles. The first-order chi connectivity index (χ1) is 11.3. The Labute approximate surface area is 147 Å². The lowest BCUT2D eigenvalue weighted by Gasteiger charge is -2.32. The van der Waals surface area contributed by atoms with Gasteiger partial charge in [0.25, 0.3) is 0 Å². The topological polar surface area (TPSA) is 15.3 Å². The van der Waals surface area contributed by atoms with Gasteiger partial charge in [-0.1, -0.05) is 48.0 Å². The van der Waals surface area contributed by atoms with Crippen LogP contribution in [0, 0.1) is 6.92 Å². The molecule has 0 fully saturated rings. The molecule has 0 aliphatic carbocycles. The molecule has 2 aromatic carbocycles. The molecule has 0 spiro atoms. The van der Waals surface area contributed by atoms with Crippen molar-refractivity contribution in [2.24, 2.45) is 0 Å². The van der Waals surface area contributed by atoms with Crippen LogP contribution in [0.3, 0.4) is 0 Å². The molecule has 1 N–H and O–H groups in total. The maximum Gasteiger partial charge on any atom is 0.0432 e. The van der Waals surface area contributed by atoms with Gasteiger partial charge in [0.2, 0.25) is 0 Å². The van der Waals surface area contributed by atoms with Crippen LogP contribution in [0.4, 0.5) is 5.69 Å². The zero-order valence-electron chi connectivity index (χ0n) is 16.1. The second-order valence-electron chi connectivity index (χ2n) is 7.94. The Balaban J connectivity index is 2.31. The molecule has 0 unspecified atom stereocenters. The fraction of sp³-hybridized carbons (Fsp3) is 0.455. The van der Waals surface area contributed by atoms with Crippen LogP contribution in [-0.2, 0) is 13.1 Å². The molecular weight excluding hydrogens is 292 g/mol. The zero-order chi connectivity index (χ0) is 17.7. The molecule has 0 radical (unpaired) electrons. The molecule has 2 rings (SSSR count). The average Bonchev–Trinajstić information content (AvgIpc) is 2.51. The standard InChI is InChI=1S/C22H32N2/c1-17(2)24(16-19-10-8-7-9-11-19)21-13-12-18(3)14-20(21)15-23-22(4,5)6/h7-14,17,23H,15-16H2,1-6H3. The van der Waals surface area contributed by atoms with Gasteiger partial charge in [0.05, 0.1) is 0 Å². The van der Waals surface area contributed by atoms with Gasteiger partial charge < -0.3 is 10.2 Å². The monoisotopic (exact) mass is 324 g/mol. The first-order valence-corrected chi connectivity index (χ1v) is 8.91. The van der Waals surface area contributed by atoms with Crippen LogP contribution in [0.25, 0.3) is 0 Å². The van der Waals surface area contributed by atoms with Crippen molar-refractivity contribution in [3.8, 4) is 0 Å². The van der Waals surface area contributed by atoms with Crippen molar-refractivity contribution in [1.29, 1.82) is 0 Å². The third-order valence-corrected chi connectivity index (χ3v) is 4.17. The third kappa shape index (κ3) is 5.38. The summed E-state index contributed by atoms with van der Waals surface area (Å²) in [6.07, 6.45) is 0. The van der Waals surface area contributed by atoms with E-state index >= 15 is 0 Å². The van der Waals surface area contributed by atoms with Gasteiger partial charge >= 0.3 is 0 Å². The molecular formula is C22H32N2. The largest absolute Gasteiger partial charge is 0.365 e. The van der Waals surface area contributed by atoms with E-state index in [1.54, 1.807) is 0 Å². The van der Waals surface area contributed by atoms with E-state index < -0.39 is 0 Å². The van der Waals surface area contributed by atoms with E-state index in [2.05, 4.69) is 100 Å². The van der Waals surface area contributed by atoms with Crippen molar-refractivity contribution >= 4 is 5.69 Å². The van der Waals surface area contributed by atoms with Gasteiger partial charge in [-0.25, -0.2) is 0 Å². The van der Waals surface area contributed by atoms with Crippen LogP contribution >= 0.6 is 0 Å². The number of nitrogens with one attached hydrogen (secondary N) is 1. The van der Waals surface area contributed by atoms with Gasteiger partial charge in [0.1, 0.15) is 0 Å². The summed E-state index contributed by atoms with van der Waals surface area (Å²) in [4.78, 5) is 2.49. The molecule has 24 heavy (non-hydrogen) atoms. The second kappa shape index (κ2) is 7.85. The number of nitrogens with zero attached hydrogens (tertiary/aromatic N) is 1. The molecule has 0 bridgehead atoms. The summed E-state index contributed by atoms with van der Waals surface area (Å²) in [5, 5.41) is 3.64. The summed E-state index contributed by atoms with van der Waals surface area (Å²) in [7, 11) is 0. The Morgan fingerprint density at radius 1 is 1.00 bits per heavy atom. The Morgan fingerprint density at radius 3 is 2.25 bits per heavy atom. The summed E-state index contributed by atoms with van der Waals surface area (Å²) in [6.45, 7) is 15.2. The number of hydrogen-bond acceptors (Lipinski definition) is 2. The molecule has 0 amide bonds. The van der Waals surface area contributed by atoms with Crippen LogP contribution in [0.1, 0.15) is 51.3 Å². The van der Waals surface area contributed by atoms with Gasteiger partial charge in [-0.2, -0.15) is 0 Å². The third-order valence-electron chi connectivity index (χ3n) is 4.17. The van der Waals surface area contributed by atoms with Gasteiger partial charge in [0, 0.05) is 30.4 Å². The molecule has 2 aromatic rings. The molecule has 0 atom stereocenters. The van der Waals surface area contributed by atoms with Gasteiger partial charge in [-0.3, -0.25) is 0 Å². The van der Waals surface area contributed by atoms with Crippen LogP contribution in [0.15, 0.2) is 48.5 Å². The van der Waals surface area contributed by atoms with E-state index in [4.69, 9.17) is 0 Å². The van der Waals surface area contributed by atoms with Crippen LogP contribution in [-0.4, -0.2) is 11.6 Å². The summed E-state index contributed by atoms with van der Waals surface area (Å²) < 4.78 is 0. The average molecular weight is 325 g/mol. The molecule has 0 aliphatic heterocycles. The lowest BCUT2D eigenvalue weighted by atomic mass is 10.0. The summed E-state index contributed by atoms with van der Waals surface area (Å²) in [5.74, 6) is 0. The highest BCUT2D eigenvalue weighted by atomic mass is 15.2. The minimum atomic E-state index is 0.114. The zero-order valence-corrected chi connectivity index (χ0v) is 16.1. The highest BCUT2D eigenvalue weighted by molar-refractivity contribution is 5.56. The predicted octanol–water partition coefficient (Wildman–Crippen LogP) is 5.30. The van der Waals surface area contributed by atoms with Gasteiger partial charge in [-0.15, -0.1) is 0 Å². The summed E-state index contributed by atoms with van der Waals surface area (Å²) >= 11 is 0. The van der Waals surface area contributed by atoms with E-state index in [9.17, 15) is 0 Å². The lowest BCUT2D eigenvalue weighted by Crippen LogP contribution is -2.36. The number of anilines is 1. The fourth-order valence-corrected chi connectivity index (χ4v) is 2.82. The lowest BCUT2D eigenvalue weighted by molar-refractivity contribution is 0.424. The Morgan fingerprint density at radius 2 is 1.67 bits per heavy atom. The molecule has 130 valence electrons. The van der Waals surface area contributed by atoms with Crippen molar-refractivity contribution < 1.29 is 0 Å². The second-order valence-corrected chi connectivity index (χ2v) is 7.94. The van der Waals surface area contributed by atoms with Gasteiger partial charge in [-0.05, 0) is 58.7 Å². The van der Waals surface area contributed by atoms with Gasteiger partial charge in [0.15, 0.2) is 0 Å². The van der Waals surface area contributed by atoms with Crippen molar-refractivity contribution in [3.05, 3.63) is 65.2 Å². The summed E-state index contributed by atoms with van der Waals surface area (Å²) in [5.41, 5.74) is 5.48. The van der Waals surface area contributed by atoms with Crippen LogP contribution < -0.4 is 10.2 Å². The van der Waals surface area contributed by atoms with E-state index in [1.807, 2.05) is 0 Å². The minimum Gasteiger partial charge on any atom is -0.365 e. The first-order valence-electron chi connectivity index (χ1n) is 8.91. The molecule has 2 nitrogen and oxygen atoms in total. The number of benzene rings is 2. The van der Waals surface area contributed by atoms with Crippen LogP contribution in [0.2, 0.25) is 0 Å². The van der Waals surface area contributed by atoms with E-state index in [0.717, 1.165) is 13.1 Å². The molecule has 0 saturated heterocycles. The van der Waals surface area contributed by atoms with Crippen molar-refractivity contribution in [1.82, 2.24) is 5.32 Å². The van der Waals surface area contributed by atoms with Crippen molar-refractivity contribution in [2.45, 2.75) is 66.2 Å². The van der Waals surface area contributed by atoms with E-state index in [1.165, 1.54) is 22.4 Å². The molecule has 0 aliphatic rings. The molecule has 0 saturated carbocycles. The Hall–Kier alpha value is -1.80. The number of hydrogen-bond donors (Lipinski definition) is 1. The number of rotatable bonds is 6. The normalized spacial score (nSPS) is 11.8. The molecule has 0 aromatic heterocycles. The van der Waals surface area contributed by atoms with Crippen molar-refractivity contribution in [3.63, 3.8) is 0 Å². The maximum atomic E-state index is 3.64. The smallest absolute Gasteiger partial charge is 0.0432 e. The minimum absolute atomic E-state index is 0.114. The SMILES string of the molecule is Cc1ccc(N(Cc2ccccc2)C(C)C)c(CNC(C)(C)C)c1. The van der Waals surface area contributed by atoms with Crippen molar-refractivity contribution in [2.75, 3.05) is 4.90 Å². The molecule has 2 heteroatoms. The van der Waals surface area contributed by atoms with E-state index in [-0.39, 0.29) is 5.54 Å². The quantitative estimate of drug-likeness (QED) is 0.776. The highest BCUT2D eigenvalue weighted by Gasteiger charge is 2.17. The number of aryl methyl sites for hydroxylation is 1. The maximum absolute atomic E-state index is 3.64. The predicted molar refractivity (Wildman–Crippen MR) is 106 cm³/mol. The van der Waals surface area contributed by atoms with Crippen LogP contribution in [0.5, 0.6) is 0 Å². The Kier molecular flexibility index (Phi) is 6.06. The van der Waals surface area contributed by atoms with E-state index in [0.29, 0.717) is 6.04 Å². The summed E-state index contributed by atoms with van der Waals surface area (Å²) in [6, 6.07) is 18.0. The first kappa shape index (κ1) is 18.5. The fourth-order valence-electron chi connectivity index (χ4n) is 2.82. The Bertz CT molecular complexity index is 639.